The number of benzene rings is 2. The van der Waals surface area contributed by atoms with E-state index in [9.17, 15) is 14.0 Å². The lowest BCUT2D eigenvalue weighted by Crippen LogP contribution is -2.36. The van der Waals surface area contributed by atoms with Crippen LogP contribution in [-0.4, -0.2) is 31.4 Å². The minimum atomic E-state index is -0.802. The van der Waals surface area contributed by atoms with Crippen LogP contribution in [0.3, 0.4) is 0 Å². The Labute approximate surface area is 164 Å². The summed E-state index contributed by atoms with van der Waals surface area (Å²) < 4.78 is 13.5. The molecule has 2 aromatic carbocycles. The number of amides is 2. The van der Waals surface area contributed by atoms with Crippen LogP contribution in [0.25, 0.3) is 0 Å². The maximum Gasteiger partial charge on any atom is 0.313 e. The molecule has 0 saturated carbocycles. The van der Waals surface area contributed by atoms with Crippen molar-refractivity contribution in [2.75, 3.05) is 29.9 Å². The van der Waals surface area contributed by atoms with Gasteiger partial charge in [-0.2, -0.15) is 0 Å². The second kappa shape index (κ2) is 9.35. The van der Waals surface area contributed by atoms with Gasteiger partial charge >= 0.3 is 11.8 Å². The van der Waals surface area contributed by atoms with Crippen LogP contribution < -0.4 is 15.5 Å². The number of hydrogen-bond donors (Lipinski definition) is 2. The number of halogens is 1. The van der Waals surface area contributed by atoms with E-state index >= 15 is 0 Å². The molecule has 5 nitrogen and oxygen atoms in total. The van der Waals surface area contributed by atoms with E-state index in [0.717, 1.165) is 18.7 Å². The molecule has 1 heterocycles. The number of hydrogen-bond acceptors (Lipinski definition) is 3. The molecular weight excluding hydrogens is 357 g/mol. The van der Waals surface area contributed by atoms with Crippen molar-refractivity contribution in [3.63, 3.8) is 0 Å². The van der Waals surface area contributed by atoms with Crippen LogP contribution >= 0.6 is 0 Å². The molecule has 0 radical (unpaired) electrons. The minimum absolute atomic E-state index is 0.261. The number of carbonyl (C=O) groups excluding carboxylic acids is 2. The van der Waals surface area contributed by atoms with Crippen LogP contribution in [0.15, 0.2) is 42.5 Å². The quantitative estimate of drug-likeness (QED) is 0.778. The van der Waals surface area contributed by atoms with Crippen molar-refractivity contribution in [1.82, 2.24) is 5.32 Å². The Morgan fingerprint density at radius 3 is 2.39 bits per heavy atom. The molecule has 0 unspecified atom stereocenters. The van der Waals surface area contributed by atoms with Crippen LogP contribution in [0.1, 0.15) is 30.4 Å². The Morgan fingerprint density at radius 2 is 1.71 bits per heavy atom. The molecule has 1 aliphatic heterocycles. The largest absolute Gasteiger partial charge is 0.372 e. The zero-order chi connectivity index (χ0) is 19.9. The molecule has 1 fully saturated rings. The second-order valence-electron chi connectivity index (χ2n) is 7.14. The van der Waals surface area contributed by atoms with Gasteiger partial charge in [0.1, 0.15) is 5.82 Å². The van der Waals surface area contributed by atoms with Crippen LogP contribution in [-0.2, 0) is 16.0 Å². The van der Waals surface area contributed by atoms with Crippen LogP contribution in [0.5, 0.6) is 0 Å². The molecule has 0 bridgehead atoms. The van der Waals surface area contributed by atoms with E-state index in [1.54, 1.807) is 19.1 Å². The highest BCUT2D eigenvalue weighted by atomic mass is 19.1. The third-order valence-corrected chi connectivity index (χ3v) is 4.99. The molecule has 2 N–H and O–H groups in total. The third-order valence-electron chi connectivity index (χ3n) is 4.99. The number of rotatable bonds is 5. The lowest BCUT2D eigenvalue weighted by atomic mass is 10.1. The first-order chi connectivity index (χ1) is 13.5. The third kappa shape index (κ3) is 5.31. The Kier molecular flexibility index (Phi) is 6.63. The van der Waals surface area contributed by atoms with Crippen molar-refractivity contribution in [3.05, 3.63) is 59.4 Å². The Hall–Kier alpha value is -2.89. The smallest absolute Gasteiger partial charge is 0.313 e. The number of nitrogens with zero attached hydrogens (tertiary/aromatic N) is 1. The van der Waals surface area contributed by atoms with Crippen molar-refractivity contribution in [1.29, 1.82) is 0 Å². The summed E-state index contributed by atoms with van der Waals surface area (Å²) in [5.74, 6) is -1.96. The lowest BCUT2D eigenvalue weighted by Gasteiger charge is -2.28. The summed E-state index contributed by atoms with van der Waals surface area (Å²) in [5.41, 5.74) is 3.07. The second-order valence-corrected chi connectivity index (χ2v) is 7.14. The summed E-state index contributed by atoms with van der Waals surface area (Å²) in [4.78, 5) is 26.2. The molecule has 148 valence electrons. The topological polar surface area (TPSA) is 61.4 Å². The monoisotopic (exact) mass is 383 g/mol. The predicted octanol–water partition coefficient (Wildman–Crippen LogP) is 3.42. The Balaban J connectivity index is 1.44. The van der Waals surface area contributed by atoms with Crippen LogP contribution in [0.4, 0.5) is 15.8 Å². The van der Waals surface area contributed by atoms with Gasteiger partial charge < -0.3 is 15.5 Å². The highest BCUT2D eigenvalue weighted by molar-refractivity contribution is 6.39. The number of nitrogens with one attached hydrogen (secondary N) is 2. The number of anilines is 2. The average molecular weight is 383 g/mol. The van der Waals surface area contributed by atoms with Gasteiger partial charge in [0, 0.05) is 31.0 Å². The van der Waals surface area contributed by atoms with E-state index in [0.29, 0.717) is 18.5 Å². The van der Waals surface area contributed by atoms with Gasteiger partial charge in [-0.05, 0) is 68.0 Å². The van der Waals surface area contributed by atoms with Crippen molar-refractivity contribution >= 4 is 23.2 Å². The van der Waals surface area contributed by atoms with E-state index in [2.05, 4.69) is 39.8 Å². The SMILES string of the molecule is Cc1ccc(NC(=O)C(=O)NCCc2ccc(N3CCCCC3)cc2)cc1F. The van der Waals surface area contributed by atoms with Gasteiger partial charge in [0.15, 0.2) is 0 Å². The highest BCUT2D eigenvalue weighted by Gasteiger charge is 2.14. The van der Waals surface area contributed by atoms with Crippen molar-refractivity contribution < 1.29 is 14.0 Å². The molecule has 6 heteroatoms. The maximum absolute atomic E-state index is 13.5. The summed E-state index contributed by atoms with van der Waals surface area (Å²) in [5, 5.41) is 5.01. The van der Waals surface area contributed by atoms with Gasteiger partial charge in [0.2, 0.25) is 0 Å². The predicted molar refractivity (Wildman–Crippen MR) is 109 cm³/mol. The first-order valence-electron chi connectivity index (χ1n) is 9.72. The van der Waals surface area contributed by atoms with E-state index in [1.807, 2.05) is 0 Å². The molecule has 0 spiro atoms. The lowest BCUT2D eigenvalue weighted by molar-refractivity contribution is -0.136. The van der Waals surface area contributed by atoms with Gasteiger partial charge in [-0.1, -0.05) is 18.2 Å². The van der Waals surface area contributed by atoms with Gasteiger partial charge in [0.05, 0.1) is 0 Å². The molecule has 2 aromatic rings. The van der Waals surface area contributed by atoms with Gasteiger partial charge in [-0.25, -0.2) is 4.39 Å². The number of aryl methyl sites for hydroxylation is 1. The van der Waals surface area contributed by atoms with E-state index in [4.69, 9.17) is 0 Å². The molecule has 0 atom stereocenters. The van der Waals surface area contributed by atoms with E-state index < -0.39 is 17.6 Å². The Morgan fingerprint density at radius 1 is 1.00 bits per heavy atom. The average Bonchev–Trinajstić information content (AvgIpc) is 2.72. The maximum atomic E-state index is 13.5. The molecule has 1 saturated heterocycles. The molecule has 28 heavy (non-hydrogen) atoms. The number of piperidine rings is 1. The fourth-order valence-corrected chi connectivity index (χ4v) is 3.28. The normalized spacial score (nSPS) is 13.9. The highest BCUT2D eigenvalue weighted by Crippen LogP contribution is 2.20. The zero-order valence-corrected chi connectivity index (χ0v) is 16.1. The van der Waals surface area contributed by atoms with Crippen molar-refractivity contribution in [2.45, 2.75) is 32.6 Å². The molecule has 3 rings (SSSR count). The summed E-state index contributed by atoms with van der Waals surface area (Å²) >= 11 is 0. The van der Waals surface area contributed by atoms with Crippen molar-refractivity contribution in [3.8, 4) is 0 Å². The zero-order valence-electron chi connectivity index (χ0n) is 16.1. The first-order valence-corrected chi connectivity index (χ1v) is 9.72. The number of carbonyl (C=O) groups is 2. The standard InChI is InChI=1S/C22H26FN3O2/c1-16-5-8-18(15-20(16)23)25-22(28)21(27)24-12-11-17-6-9-19(10-7-17)26-13-3-2-4-14-26/h5-10,15H,2-4,11-14H2,1H3,(H,24,27)(H,25,28). The van der Waals surface area contributed by atoms with Crippen molar-refractivity contribution in [2.24, 2.45) is 0 Å². The first kappa shape index (κ1) is 19.9. The summed E-state index contributed by atoms with van der Waals surface area (Å²) in [6, 6.07) is 12.7. The van der Waals surface area contributed by atoms with Gasteiger partial charge in [0.25, 0.3) is 0 Å². The fraction of sp³-hybridized carbons (Fsp3) is 0.364. The summed E-state index contributed by atoms with van der Waals surface area (Å²) in [7, 11) is 0. The van der Waals surface area contributed by atoms with Crippen LogP contribution in [0.2, 0.25) is 0 Å². The van der Waals surface area contributed by atoms with Crippen LogP contribution in [0, 0.1) is 12.7 Å². The molecule has 1 aliphatic rings. The minimum Gasteiger partial charge on any atom is -0.372 e. The van der Waals surface area contributed by atoms with E-state index in [-0.39, 0.29) is 5.69 Å². The van der Waals surface area contributed by atoms with Gasteiger partial charge in [-0.3, -0.25) is 9.59 Å². The molecule has 0 aromatic heterocycles. The van der Waals surface area contributed by atoms with E-state index in [1.165, 1.54) is 31.0 Å². The Bertz CT molecular complexity index is 830. The fourth-order valence-electron chi connectivity index (χ4n) is 3.28. The summed E-state index contributed by atoms with van der Waals surface area (Å²) in [6.07, 6.45) is 4.43. The molecular formula is C22H26FN3O2. The summed E-state index contributed by atoms with van der Waals surface area (Å²) in [6.45, 7) is 4.20. The van der Waals surface area contributed by atoms with Gasteiger partial charge in [-0.15, -0.1) is 0 Å². The molecule has 2 amide bonds. The molecule has 0 aliphatic carbocycles.